The zero-order chi connectivity index (χ0) is 17.9. The maximum Gasteiger partial charge on any atom is 0.216 e. The number of benzene rings is 2. The highest BCUT2D eigenvalue weighted by atomic mass is 35.5. The molecule has 0 saturated carbocycles. The summed E-state index contributed by atoms with van der Waals surface area (Å²) >= 11 is 5.95. The molecule has 0 bridgehead atoms. The summed E-state index contributed by atoms with van der Waals surface area (Å²) < 4.78 is 29.9. The summed E-state index contributed by atoms with van der Waals surface area (Å²) in [5, 5.41) is 0.592. The summed E-state index contributed by atoms with van der Waals surface area (Å²) in [6.45, 7) is 0. The monoisotopic (exact) mass is 375 g/mol. The Bertz CT molecular complexity index is 938. The van der Waals surface area contributed by atoms with E-state index < -0.39 is 16.1 Å². The average molecular weight is 376 g/mol. The Morgan fingerprint density at radius 3 is 2.40 bits per heavy atom. The number of imidazole rings is 1. The highest BCUT2D eigenvalue weighted by molar-refractivity contribution is 7.88. The standard InChI is InChI=1S/C18H18ClN3O2S/c1-22-12-11-20-18(22)17(15-7-9-16(19)10-8-15)21-25(23,24)13-14-5-3-2-4-6-14/h2-12,17,21H,13H2,1H3/t17-/m0/s1. The number of nitrogens with one attached hydrogen (secondary N) is 1. The number of rotatable bonds is 6. The Hall–Kier alpha value is -2.15. The van der Waals surface area contributed by atoms with Crippen LogP contribution in [0.4, 0.5) is 0 Å². The van der Waals surface area contributed by atoms with Gasteiger partial charge < -0.3 is 4.57 Å². The Morgan fingerprint density at radius 1 is 1.12 bits per heavy atom. The van der Waals surface area contributed by atoms with Gasteiger partial charge in [-0.15, -0.1) is 0 Å². The second-order valence-electron chi connectivity index (χ2n) is 5.74. The van der Waals surface area contributed by atoms with Crippen molar-refractivity contribution in [2.24, 2.45) is 7.05 Å². The molecule has 130 valence electrons. The SMILES string of the molecule is Cn1ccnc1[C@@H](NS(=O)(=O)Cc1ccccc1)c1ccc(Cl)cc1. The fourth-order valence-electron chi connectivity index (χ4n) is 2.60. The first kappa shape index (κ1) is 17.7. The molecule has 1 aromatic heterocycles. The molecule has 2 aromatic carbocycles. The van der Waals surface area contributed by atoms with E-state index in [9.17, 15) is 8.42 Å². The van der Waals surface area contributed by atoms with E-state index in [4.69, 9.17) is 11.6 Å². The predicted molar refractivity (Wildman–Crippen MR) is 98.7 cm³/mol. The molecule has 0 radical (unpaired) electrons. The van der Waals surface area contributed by atoms with Crippen molar-refractivity contribution in [2.75, 3.05) is 0 Å². The fourth-order valence-corrected chi connectivity index (χ4v) is 4.04. The Kier molecular flexibility index (Phi) is 5.22. The van der Waals surface area contributed by atoms with Gasteiger partial charge in [-0.3, -0.25) is 0 Å². The van der Waals surface area contributed by atoms with E-state index in [1.54, 1.807) is 53.4 Å². The highest BCUT2D eigenvalue weighted by Gasteiger charge is 2.24. The molecular weight excluding hydrogens is 358 g/mol. The van der Waals surface area contributed by atoms with Crippen molar-refractivity contribution < 1.29 is 8.42 Å². The topological polar surface area (TPSA) is 64.0 Å². The molecule has 0 amide bonds. The van der Waals surface area contributed by atoms with Gasteiger partial charge in [-0.05, 0) is 23.3 Å². The molecule has 1 atom stereocenters. The van der Waals surface area contributed by atoms with Gasteiger partial charge in [0, 0.05) is 24.5 Å². The van der Waals surface area contributed by atoms with Crippen LogP contribution in [-0.4, -0.2) is 18.0 Å². The number of halogens is 1. The van der Waals surface area contributed by atoms with Gasteiger partial charge in [-0.25, -0.2) is 13.4 Å². The third-order valence-corrected chi connectivity index (χ3v) is 5.38. The first-order valence-electron chi connectivity index (χ1n) is 7.71. The van der Waals surface area contributed by atoms with Crippen LogP contribution >= 0.6 is 11.6 Å². The molecule has 0 saturated heterocycles. The molecule has 5 nitrogen and oxygen atoms in total. The molecule has 1 heterocycles. The van der Waals surface area contributed by atoms with Gasteiger partial charge in [0.2, 0.25) is 10.0 Å². The number of aromatic nitrogens is 2. The van der Waals surface area contributed by atoms with E-state index >= 15 is 0 Å². The summed E-state index contributed by atoms with van der Waals surface area (Å²) in [4.78, 5) is 4.31. The van der Waals surface area contributed by atoms with Crippen LogP contribution in [0.1, 0.15) is 23.0 Å². The van der Waals surface area contributed by atoms with Crippen LogP contribution in [0.25, 0.3) is 0 Å². The van der Waals surface area contributed by atoms with Crippen molar-refractivity contribution in [1.29, 1.82) is 0 Å². The lowest BCUT2D eigenvalue weighted by molar-refractivity contribution is 0.562. The lowest BCUT2D eigenvalue weighted by Gasteiger charge is -2.19. The number of sulfonamides is 1. The van der Waals surface area contributed by atoms with E-state index in [-0.39, 0.29) is 5.75 Å². The molecule has 3 aromatic rings. The largest absolute Gasteiger partial charge is 0.336 e. The maximum atomic E-state index is 12.7. The number of hydrogen-bond acceptors (Lipinski definition) is 3. The first-order chi connectivity index (χ1) is 11.9. The van der Waals surface area contributed by atoms with Crippen molar-refractivity contribution in [3.05, 3.63) is 89.0 Å². The van der Waals surface area contributed by atoms with Crippen LogP contribution < -0.4 is 4.72 Å². The lowest BCUT2D eigenvalue weighted by Crippen LogP contribution is -2.32. The van der Waals surface area contributed by atoms with Crippen LogP contribution in [0.15, 0.2) is 67.0 Å². The van der Waals surface area contributed by atoms with Crippen molar-refractivity contribution in [2.45, 2.75) is 11.8 Å². The van der Waals surface area contributed by atoms with E-state index in [2.05, 4.69) is 9.71 Å². The van der Waals surface area contributed by atoms with E-state index in [1.807, 2.05) is 25.2 Å². The highest BCUT2D eigenvalue weighted by Crippen LogP contribution is 2.23. The molecular formula is C18H18ClN3O2S. The minimum Gasteiger partial charge on any atom is -0.336 e. The molecule has 0 fully saturated rings. The fraction of sp³-hybridized carbons (Fsp3) is 0.167. The summed E-state index contributed by atoms with van der Waals surface area (Å²) in [7, 11) is -1.74. The third-order valence-electron chi connectivity index (χ3n) is 3.82. The molecule has 3 rings (SSSR count). The summed E-state index contributed by atoms with van der Waals surface area (Å²) in [6.07, 6.45) is 3.42. The molecule has 0 spiro atoms. The molecule has 0 unspecified atom stereocenters. The van der Waals surface area contributed by atoms with Gasteiger partial charge in [-0.2, -0.15) is 4.72 Å². The van der Waals surface area contributed by atoms with Crippen LogP contribution in [-0.2, 0) is 22.8 Å². The zero-order valence-corrected chi connectivity index (χ0v) is 15.2. The van der Waals surface area contributed by atoms with Crippen LogP contribution in [0.3, 0.4) is 0 Å². The summed E-state index contributed by atoms with van der Waals surface area (Å²) in [5.41, 5.74) is 1.50. The van der Waals surface area contributed by atoms with Gasteiger partial charge in [-0.1, -0.05) is 54.1 Å². The van der Waals surface area contributed by atoms with Crippen molar-refractivity contribution in [3.8, 4) is 0 Å². The molecule has 1 N–H and O–H groups in total. The maximum absolute atomic E-state index is 12.7. The van der Waals surface area contributed by atoms with Gasteiger partial charge in [0.05, 0.1) is 5.75 Å². The number of nitrogens with zero attached hydrogens (tertiary/aromatic N) is 2. The van der Waals surface area contributed by atoms with Gasteiger partial charge in [0.15, 0.2) is 0 Å². The third kappa shape index (κ3) is 4.48. The van der Waals surface area contributed by atoms with Crippen molar-refractivity contribution >= 4 is 21.6 Å². The van der Waals surface area contributed by atoms with E-state index in [0.717, 1.165) is 11.1 Å². The summed E-state index contributed by atoms with van der Waals surface area (Å²) in [5.74, 6) is 0.515. The minimum absolute atomic E-state index is 0.0949. The molecule has 25 heavy (non-hydrogen) atoms. The predicted octanol–water partition coefficient (Wildman–Crippen LogP) is 3.28. The zero-order valence-electron chi connectivity index (χ0n) is 13.6. The smallest absolute Gasteiger partial charge is 0.216 e. The Morgan fingerprint density at radius 2 is 1.80 bits per heavy atom. The van der Waals surface area contributed by atoms with Gasteiger partial charge in [0.1, 0.15) is 11.9 Å². The minimum atomic E-state index is -3.57. The van der Waals surface area contributed by atoms with E-state index in [0.29, 0.717) is 10.8 Å². The number of aryl methyl sites for hydroxylation is 1. The van der Waals surface area contributed by atoms with Gasteiger partial charge in [0.25, 0.3) is 0 Å². The average Bonchev–Trinajstić information content (AvgIpc) is 3.00. The van der Waals surface area contributed by atoms with E-state index in [1.165, 1.54) is 0 Å². The molecule has 0 aliphatic rings. The van der Waals surface area contributed by atoms with Crippen LogP contribution in [0, 0.1) is 0 Å². The molecule has 0 aliphatic carbocycles. The first-order valence-corrected chi connectivity index (χ1v) is 9.74. The van der Waals surface area contributed by atoms with Gasteiger partial charge >= 0.3 is 0 Å². The summed E-state index contributed by atoms with van der Waals surface area (Å²) in [6, 6.07) is 15.5. The van der Waals surface area contributed by atoms with Crippen LogP contribution in [0.5, 0.6) is 0 Å². The quantitative estimate of drug-likeness (QED) is 0.719. The molecule has 7 heteroatoms. The second-order valence-corrected chi connectivity index (χ2v) is 7.93. The van der Waals surface area contributed by atoms with Crippen molar-refractivity contribution in [3.63, 3.8) is 0 Å². The Labute approximate surface area is 152 Å². The Balaban J connectivity index is 1.92. The molecule has 0 aliphatic heterocycles. The second kappa shape index (κ2) is 7.39. The number of hydrogen-bond donors (Lipinski definition) is 1. The normalized spacial score (nSPS) is 12.9. The lowest BCUT2D eigenvalue weighted by atomic mass is 10.1. The van der Waals surface area contributed by atoms with Crippen LogP contribution in [0.2, 0.25) is 5.02 Å². The van der Waals surface area contributed by atoms with Crippen molar-refractivity contribution in [1.82, 2.24) is 14.3 Å².